The van der Waals surface area contributed by atoms with Crippen LogP contribution in [0.4, 0.5) is 0 Å². The summed E-state index contributed by atoms with van der Waals surface area (Å²) in [5, 5.41) is 3.56. The fraction of sp³-hybridized carbons (Fsp3) is 1.00. The molecule has 0 aromatic heterocycles. The molecule has 2 unspecified atom stereocenters. The monoisotopic (exact) mass is 239 g/mol. The molecule has 0 bridgehead atoms. The van der Waals surface area contributed by atoms with Crippen LogP contribution in [-0.2, 0) is 4.74 Å². The van der Waals surface area contributed by atoms with Gasteiger partial charge in [0.05, 0.1) is 5.60 Å². The molecule has 1 N–H and O–H groups in total. The van der Waals surface area contributed by atoms with Gasteiger partial charge in [-0.05, 0) is 45.1 Å². The summed E-state index contributed by atoms with van der Waals surface area (Å²) in [6.07, 6.45) is 12.0. The second-order valence-corrected chi connectivity index (χ2v) is 6.03. The summed E-state index contributed by atoms with van der Waals surface area (Å²) in [5.74, 6) is 0.846. The van der Waals surface area contributed by atoms with E-state index in [4.69, 9.17) is 4.74 Å². The van der Waals surface area contributed by atoms with Gasteiger partial charge in [0.25, 0.3) is 0 Å². The fourth-order valence-corrected chi connectivity index (χ4v) is 3.82. The van der Waals surface area contributed by atoms with Crippen molar-refractivity contribution < 1.29 is 4.74 Å². The third kappa shape index (κ3) is 3.23. The molecule has 2 nitrogen and oxygen atoms in total. The van der Waals surface area contributed by atoms with Gasteiger partial charge in [0, 0.05) is 12.6 Å². The molecule has 1 saturated carbocycles. The first-order chi connectivity index (χ1) is 8.29. The molecular weight excluding hydrogens is 210 g/mol. The van der Waals surface area contributed by atoms with Gasteiger partial charge in [0.15, 0.2) is 0 Å². The number of ether oxygens (including phenoxy) is 1. The minimum absolute atomic E-state index is 0.282. The minimum atomic E-state index is 0.282. The van der Waals surface area contributed by atoms with Gasteiger partial charge in [0.2, 0.25) is 0 Å². The van der Waals surface area contributed by atoms with Crippen molar-refractivity contribution in [3.8, 4) is 0 Å². The average Bonchev–Trinajstić information content (AvgIpc) is 2.78. The molecule has 2 aliphatic rings. The zero-order chi connectivity index (χ0) is 12.1. The van der Waals surface area contributed by atoms with E-state index in [0.717, 1.165) is 18.6 Å². The molecule has 17 heavy (non-hydrogen) atoms. The SMILES string of the molecule is CCCCC(NC)C1CCOC2(CCCC2)C1. The van der Waals surface area contributed by atoms with E-state index >= 15 is 0 Å². The maximum Gasteiger partial charge on any atom is 0.0685 e. The number of hydrogen-bond acceptors (Lipinski definition) is 2. The number of rotatable bonds is 5. The topological polar surface area (TPSA) is 21.3 Å². The number of unbranched alkanes of at least 4 members (excludes halogenated alkanes) is 1. The average molecular weight is 239 g/mol. The Balaban J connectivity index is 1.90. The number of nitrogens with one attached hydrogen (secondary N) is 1. The largest absolute Gasteiger partial charge is 0.375 e. The van der Waals surface area contributed by atoms with Crippen LogP contribution in [0.5, 0.6) is 0 Å². The summed E-state index contributed by atoms with van der Waals surface area (Å²) in [4.78, 5) is 0. The quantitative estimate of drug-likeness (QED) is 0.793. The van der Waals surface area contributed by atoms with Crippen LogP contribution < -0.4 is 5.32 Å². The van der Waals surface area contributed by atoms with Crippen molar-refractivity contribution in [1.29, 1.82) is 0 Å². The van der Waals surface area contributed by atoms with E-state index < -0.39 is 0 Å². The standard InChI is InChI=1S/C15H29NO/c1-3-4-7-14(16-2)13-8-11-17-15(12-13)9-5-6-10-15/h13-14,16H,3-12H2,1-2H3. The van der Waals surface area contributed by atoms with Gasteiger partial charge in [-0.15, -0.1) is 0 Å². The highest BCUT2D eigenvalue weighted by atomic mass is 16.5. The van der Waals surface area contributed by atoms with Crippen LogP contribution in [0.2, 0.25) is 0 Å². The molecule has 1 spiro atoms. The molecule has 2 heteroatoms. The van der Waals surface area contributed by atoms with Crippen LogP contribution in [0.1, 0.15) is 64.7 Å². The van der Waals surface area contributed by atoms with E-state index in [2.05, 4.69) is 19.3 Å². The molecular formula is C15H29NO. The Labute approximate surface area is 107 Å². The van der Waals surface area contributed by atoms with Gasteiger partial charge >= 0.3 is 0 Å². The second kappa shape index (κ2) is 6.19. The van der Waals surface area contributed by atoms with Crippen molar-refractivity contribution >= 4 is 0 Å². The first-order valence-electron chi connectivity index (χ1n) is 7.61. The van der Waals surface area contributed by atoms with E-state index in [1.54, 1.807) is 0 Å². The highest BCUT2D eigenvalue weighted by Crippen LogP contribution is 2.43. The highest BCUT2D eigenvalue weighted by Gasteiger charge is 2.41. The first-order valence-corrected chi connectivity index (χ1v) is 7.61. The Kier molecular flexibility index (Phi) is 4.87. The summed E-state index contributed by atoms with van der Waals surface area (Å²) in [7, 11) is 2.14. The Morgan fingerprint density at radius 3 is 2.76 bits per heavy atom. The van der Waals surface area contributed by atoms with Gasteiger partial charge in [-0.1, -0.05) is 32.6 Å². The minimum Gasteiger partial charge on any atom is -0.375 e. The van der Waals surface area contributed by atoms with Crippen molar-refractivity contribution in [2.24, 2.45) is 5.92 Å². The van der Waals surface area contributed by atoms with Crippen LogP contribution in [0.3, 0.4) is 0 Å². The molecule has 1 aliphatic carbocycles. The molecule has 2 fully saturated rings. The van der Waals surface area contributed by atoms with Crippen molar-refractivity contribution in [2.45, 2.75) is 76.4 Å². The predicted molar refractivity (Wildman–Crippen MR) is 72.2 cm³/mol. The predicted octanol–water partition coefficient (Wildman–Crippen LogP) is 3.50. The third-order valence-electron chi connectivity index (χ3n) is 4.85. The van der Waals surface area contributed by atoms with E-state index in [1.165, 1.54) is 57.8 Å². The zero-order valence-corrected chi connectivity index (χ0v) is 11.6. The highest BCUT2D eigenvalue weighted by molar-refractivity contribution is 4.94. The Hall–Kier alpha value is -0.0800. The van der Waals surface area contributed by atoms with Gasteiger partial charge < -0.3 is 10.1 Å². The van der Waals surface area contributed by atoms with Gasteiger partial charge in [-0.3, -0.25) is 0 Å². The van der Waals surface area contributed by atoms with Crippen LogP contribution >= 0.6 is 0 Å². The molecule has 0 aromatic rings. The third-order valence-corrected chi connectivity index (χ3v) is 4.85. The van der Waals surface area contributed by atoms with E-state index in [9.17, 15) is 0 Å². The van der Waals surface area contributed by atoms with E-state index in [1.807, 2.05) is 0 Å². The Morgan fingerprint density at radius 2 is 2.12 bits per heavy atom. The summed E-state index contributed by atoms with van der Waals surface area (Å²) in [6, 6.07) is 0.719. The normalized spacial score (nSPS) is 29.6. The molecule has 2 atom stereocenters. The van der Waals surface area contributed by atoms with Crippen LogP contribution in [0.25, 0.3) is 0 Å². The van der Waals surface area contributed by atoms with E-state index in [0.29, 0.717) is 0 Å². The lowest BCUT2D eigenvalue weighted by atomic mass is 9.79. The molecule has 0 aromatic carbocycles. The van der Waals surface area contributed by atoms with Crippen molar-refractivity contribution in [2.75, 3.05) is 13.7 Å². The molecule has 1 heterocycles. The van der Waals surface area contributed by atoms with Crippen molar-refractivity contribution in [1.82, 2.24) is 5.32 Å². The first kappa shape index (κ1) is 13.4. The Bertz CT molecular complexity index is 223. The summed E-state index contributed by atoms with van der Waals surface area (Å²) < 4.78 is 6.13. The summed E-state index contributed by atoms with van der Waals surface area (Å²) >= 11 is 0. The maximum absolute atomic E-state index is 6.13. The van der Waals surface area contributed by atoms with Crippen molar-refractivity contribution in [3.05, 3.63) is 0 Å². The zero-order valence-electron chi connectivity index (χ0n) is 11.6. The lowest BCUT2D eigenvalue weighted by Gasteiger charge is -2.41. The van der Waals surface area contributed by atoms with Crippen molar-refractivity contribution in [3.63, 3.8) is 0 Å². The molecule has 100 valence electrons. The van der Waals surface area contributed by atoms with Crippen LogP contribution in [0, 0.1) is 5.92 Å². The lowest BCUT2D eigenvalue weighted by Crippen LogP contribution is -2.44. The van der Waals surface area contributed by atoms with Crippen LogP contribution in [0.15, 0.2) is 0 Å². The maximum atomic E-state index is 6.13. The lowest BCUT2D eigenvalue weighted by molar-refractivity contribution is -0.0980. The summed E-state index contributed by atoms with van der Waals surface area (Å²) in [6.45, 7) is 3.28. The molecule has 2 rings (SSSR count). The molecule has 0 amide bonds. The summed E-state index contributed by atoms with van der Waals surface area (Å²) in [5.41, 5.74) is 0.282. The van der Waals surface area contributed by atoms with E-state index in [-0.39, 0.29) is 5.60 Å². The second-order valence-electron chi connectivity index (χ2n) is 6.03. The fourth-order valence-electron chi connectivity index (χ4n) is 3.82. The molecule has 1 aliphatic heterocycles. The molecule has 0 radical (unpaired) electrons. The molecule has 1 saturated heterocycles. The Morgan fingerprint density at radius 1 is 1.35 bits per heavy atom. The van der Waals surface area contributed by atoms with Crippen LogP contribution in [-0.4, -0.2) is 25.3 Å². The number of hydrogen-bond donors (Lipinski definition) is 1. The smallest absolute Gasteiger partial charge is 0.0685 e. The van der Waals surface area contributed by atoms with Gasteiger partial charge in [-0.2, -0.15) is 0 Å². The van der Waals surface area contributed by atoms with Gasteiger partial charge in [0.1, 0.15) is 0 Å². The van der Waals surface area contributed by atoms with Gasteiger partial charge in [-0.25, -0.2) is 0 Å².